The average Bonchev–Trinajstić information content (AvgIpc) is 2.30. The first-order valence-electron chi connectivity index (χ1n) is 5.99. The van der Waals surface area contributed by atoms with E-state index in [-0.39, 0.29) is 5.78 Å². The number of carbonyl (C=O) groups is 1. The highest BCUT2D eigenvalue weighted by atomic mass is 16.5. The highest BCUT2D eigenvalue weighted by molar-refractivity contribution is 5.93. The number of rotatable bonds is 3. The number of Topliss-reactive ketones (excluding diaryl/α,β-unsaturated/α-hetero) is 1. The Bertz CT molecular complexity index is 388. The fourth-order valence-electron chi connectivity index (χ4n) is 2.17. The van der Waals surface area contributed by atoms with Gasteiger partial charge >= 0.3 is 0 Å². The molecule has 0 aromatic heterocycles. The Balaban J connectivity index is 2.05. The van der Waals surface area contributed by atoms with Gasteiger partial charge in [0.05, 0.1) is 5.60 Å². The van der Waals surface area contributed by atoms with Crippen LogP contribution in [-0.2, 0) is 11.2 Å². The lowest BCUT2D eigenvalue weighted by Gasteiger charge is -2.32. The number of hydrogen-bond acceptors (Lipinski definition) is 3. The molecule has 1 fully saturated rings. The largest absolute Gasteiger partial charge is 0.389 e. The third-order valence-electron chi connectivity index (χ3n) is 3.32. The number of carbonyl (C=O) groups excluding carboxylic acids is 1. The Kier molecular flexibility index (Phi) is 3.60. The summed E-state index contributed by atoms with van der Waals surface area (Å²) in [5.41, 5.74) is 1.14. The molecule has 92 valence electrons. The van der Waals surface area contributed by atoms with E-state index in [0.29, 0.717) is 38.0 Å². The maximum Gasteiger partial charge on any atom is 0.159 e. The van der Waals surface area contributed by atoms with Gasteiger partial charge in [-0.05, 0) is 25.3 Å². The Morgan fingerprint density at radius 1 is 1.29 bits per heavy atom. The second kappa shape index (κ2) is 4.98. The Morgan fingerprint density at radius 3 is 2.41 bits per heavy atom. The average molecular weight is 234 g/mol. The molecule has 2 rings (SSSR count). The van der Waals surface area contributed by atoms with Crippen LogP contribution in [0.1, 0.15) is 35.7 Å². The topological polar surface area (TPSA) is 46.5 Å². The first kappa shape index (κ1) is 12.3. The number of benzene rings is 1. The summed E-state index contributed by atoms with van der Waals surface area (Å²) in [6.45, 7) is 2.81. The zero-order chi connectivity index (χ0) is 12.3. The van der Waals surface area contributed by atoms with E-state index >= 15 is 0 Å². The summed E-state index contributed by atoms with van der Waals surface area (Å²) in [6, 6.07) is 7.48. The molecule has 1 aliphatic rings. The third kappa shape index (κ3) is 3.14. The van der Waals surface area contributed by atoms with E-state index < -0.39 is 5.60 Å². The fraction of sp³-hybridized carbons (Fsp3) is 0.500. The predicted octanol–water partition coefficient (Wildman–Crippen LogP) is 1.97. The van der Waals surface area contributed by atoms with Gasteiger partial charge in [-0.25, -0.2) is 0 Å². The molecule has 3 nitrogen and oxygen atoms in total. The molecule has 0 bridgehead atoms. The van der Waals surface area contributed by atoms with E-state index in [2.05, 4.69) is 0 Å². The first-order chi connectivity index (χ1) is 8.09. The molecule has 0 radical (unpaired) electrons. The molecule has 0 saturated carbocycles. The van der Waals surface area contributed by atoms with Gasteiger partial charge in [0.2, 0.25) is 0 Å². The molecule has 1 N–H and O–H groups in total. The van der Waals surface area contributed by atoms with Crippen LogP contribution in [0.3, 0.4) is 0 Å². The molecule has 0 aliphatic carbocycles. The van der Waals surface area contributed by atoms with E-state index in [0.717, 1.165) is 5.56 Å². The van der Waals surface area contributed by atoms with Gasteiger partial charge in [0.1, 0.15) is 0 Å². The molecule has 3 heteroatoms. The quantitative estimate of drug-likeness (QED) is 0.813. The minimum atomic E-state index is -0.643. The van der Waals surface area contributed by atoms with E-state index in [1.807, 2.05) is 24.3 Å². The van der Waals surface area contributed by atoms with Gasteiger partial charge in [-0.3, -0.25) is 4.79 Å². The summed E-state index contributed by atoms with van der Waals surface area (Å²) in [5.74, 6) is 0.0707. The second-order valence-electron chi connectivity index (χ2n) is 4.77. The minimum absolute atomic E-state index is 0.0707. The van der Waals surface area contributed by atoms with Gasteiger partial charge in [-0.2, -0.15) is 0 Å². The summed E-state index contributed by atoms with van der Waals surface area (Å²) in [5, 5.41) is 10.4. The van der Waals surface area contributed by atoms with Gasteiger partial charge in [0, 0.05) is 25.2 Å². The predicted molar refractivity (Wildman–Crippen MR) is 65.2 cm³/mol. The molecule has 0 amide bonds. The standard InChI is InChI=1S/C14H18O3/c1-11(15)13-4-2-12(3-5-13)10-14(16)6-8-17-9-7-14/h2-5,16H,6-10H2,1H3. The smallest absolute Gasteiger partial charge is 0.159 e. The fourth-order valence-corrected chi connectivity index (χ4v) is 2.17. The minimum Gasteiger partial charge on any atom is -0.389 e. The van der Waals surface area contributed by atoms with Crippen LogP contribution in [-0.4, -0.2) is 29.7 Å². The van der Waals surface area contributed by atoms with E-state index in [1.54, 1.807) is 6.92 Å². The molecular weight excluding hydrogens is 216 g/mol. The number of aliphatic hydroxyl groups is 1. The first-order valence-corrected chi connectivity index (χ1v) is 5.99. The van der Waals surface area contributed by atoms with E-state index in [4.69, 9.17) is 4.74 Å². The van der Waals surface area contributed by atoms with Gasteiger partial charge in [-0.15, -0.1) is 0 Å². The molecule has 1 aliphatic heterocycles. The van der Waals surface area contributed by atoms with Crippen molar-refractivity contribution in [2.45, 2.75) is 31.8 Å². The molecular formula is C14H18O3. The lowest BCUT2D eigenvalue weighted by Crippen LogP contribution is -2.38. The summed E-state index contributed by atoms with van der Waals surface area (Å²) in [6.07, 6.45) is 2.00. The van der Waals surface area contributed by atoms with Gasteiger partial charge in [0.25, 0.3) is 0 Å². The summed E-state index contributed by atoms with van der Waals surface area (Å²) >= 11 is 0. The lowest BCUT2D eigenvalue weighted by atomic mass is 9.87. The van der Waals surface area contributed by atoms with Crippen molar-refractivity contribution >= 4 is 5.78 Å². The molecule has 0 spiro atoms. The zero-order valence-electron chi connectivity index (χ0n) is 10.1. The van der Waals surface area contributed by atoms with Gasteiger partial charge in [-0.1, -0.05) is 24.3 Å². The molecule has 1 saturated heterocycles. The second-order valence-corrected chi connectivity index (χ2v) is 4.77. The molecule has 1 aromatic carbocycles. The maximum atomic E-state index is 11.1. The SMILES string of the molecule is CC(=O)c1ccc(CC2(O)CCOCC2)cc1. The number of ether oxygens (including phenoxy) is 1. The Hall–Kier alpha value is -1.19. The highest BCUT2D eigenvalue weighted by Gasteiger charge is 2.29. The molecule has 17 heavy (non-hydrogen) atoms. The van der Waals surface area contributed by atoms with Crippen LogP contribution >= 0.6 is 0 Å². The van der Waals surface area contributed by atoms with Crippen molar-refractivity contribution in [2.75, 3.05) is 13.2 Å². The van der Waals surface area contributed by atoms with Crippen molar-refractivity contribution in [1.82, 2.24) is 0 Å². The van der Waals surface area contributed by atoms with Crippen LogP contribution in [0.2, 0.25) is 0 Å². The van der Waals surface area contributed by atoms with Crippen molar-refractivity contribution in [2.24, 2.45) is 0 Å². The van der Waals surface area contributed by atoms with E-state index in [1.165, 1.54) is 0 Å². The summed E-state index contributed by atoms with van der Waals surface area (Å²) in [7, 11) is 0. The van der Waals surface area contributed by atoms with Crippen molar-refractivity contribution in [1.29, 1.82) is 0 Å². The van der Waals surface area contributed by atoms with Crippen molar-refractivity contribution in [3.05, 3.63) is 35.4 Å². The van der Waals surface area contributed by atoms with Crippen LogP contribution in [0.5, 0.6) is 0 Å². The van der Waals surface area contributed by atoms with Gasteiger partial charge < -0.3 is 9.84 Å². The molecule has 1 aromatic rings. The molecule has 0 atom stereocenters. The van der Waals surface area contributed by atoms with Gasteiger partial charge in [0.15, 0.2) is 5.78 Å². The molecule has 1 heterocycles. The van der Waals surface area contributed by atoms with Crippen molar-refractivity contribution in [3.63, 3.8) is 0 Å². The number of ketones is 1. The summed E-state index contributed by atoms with van der Waals surface area (Å²) in [4.78, 5) is 11.1. The zero-order valence-corrected chi connectivity index (χ0v) is 10.1. The molecule has 0 unspecified atom stereocenters. The van der Waals surface area contributed by atoms with Crippen LogP contribution in [0.25, 0.3) is 0 Å². The van der Waals surface area contributed by atoms with Crippen molar-refractivity contribution < 1.29 is 14.6 Å². The summed E-state index contributed by atoms with van der Waals surface area (Å²) < 4.78 is 5.25. The maximum absolute atomic E-state index is 11.1. The number of hydrogen-bond donors (Lipinski definition) is 1. The third-order valence-corrected chi connectivity index (χ3v) is 3.32. The Labute approximate surface area is 101 Å². The van der Waals surface area contributed by atoms with Crippen LogP contribution in [0.4, 0.5) is 0 Å². The normalized spacial score (nSPS) is 18.9. The Morgan fingerprint density at radius 2 is 1.88 bits per heavy atom. The van der Waals surface area contributed by atoms with Crippen LogP contribution < -0.4 is 0 Å². The van der Waals surface area contributed by atoms with Crippen molar-refractivity contribution in [3.8, 4) is 0 Å². The monoisotopic (exact) mass is 234 g/mol. The lowest BCUT2D eigenvalue weighted by molar-refractivity contribution is -0.0625. The van der Waals surface area contributed by atoms with Crippen LogP contribution in [0.15, 0.2) is 24.3 Å². The highest BCUT2D eigenvalue weighted by Crippen LogP contribution is 2.25. The van der Waals surface area contributed by atoms with E-state index in [9.17, 15) is 9.90 Å². The van der Waals surface area contributed by atoms with Crippen LogP contribution in [0, 0.1) is 0 Å².